The number of nitrogens with one attached hydrogen (secondary N) is 3. The van der Waals surface area contributed by atoms with Crippen LogP contribution in [0.1, 0.15) is 42.3 Å². The number of nitrogen functional groups attached to an aromatic ring is 1. The van der Waals surface area contributed by atoms with Crippen molar-refractivity contribution in [1.82, 2.24) is 20.3 Å². The molecule has 0 aliphatic heterocycles. The fourth-order valence-electron chi connectivity index (χ4n) is 3.86. The molecule has 0 bridgehead atoms. The molecule has 4 aromatic rings. The number of nitrogens with two attached hydrogens (primary N) is 1. The zero-order chi connectivity index (χ0) is 25.5. The zero-order valence-electron chi connectivity index (χ0n) is 20.4. The first-order valence-corrected chi connectivity index (χ1v) is 12.6. The molecule has 0 saturated carbocycles. The number of hydrogen-bond donors (Lipinski definition) is 5. The summed E-state index contributed by atoms with van der Waals surface area (Å²) in [6, 6.07) is 23.3. The number of imidazole rings is 1. The van der Waals surface area contributed by atoms with E-state index in [4.69, 9.17) is 5.84 Å². The third-order valence-electron chi connectivity index (χ3n) is 6.07. The van der Waals surface area contributed by atoms with Crippen LogP contribution in [0.2, 0.25) is 0 Å². The topological polar surface area (TPSA) is 117 Å². The average Bonchev–Trinajstić information content (AvgIpc) is 3.32. The van der Waals surface area contributed by atoms with Crippen LogP contribution in [-0.2, 0) is 6.54 Å². The van der Waals surface area contributed by atoms with Gasteiger partial charge in [-0.25, -0.2) is 10.8 Å². The van der Waals surface area contributed by atoms with Gasteiger partial charge in [0.1, 0.15) is 0 Å². The van der Waals surface area contributed by atoms with Crippen molar-refractivity contribution in [3.63, 3.8) is 0 Å². The molecular formula is C27H32N6O2S. The molecule has 6 N–H and O–H groups in total. The van der Waals surface area contributed by atoms with E-state index in [9.17, 15) is 9.90 Å². The van der Waals surface area contributed by atoms with Crippen LogP contribution < -0.4 is 21.3 Å². The molecule has 1 amide bonds. The van der Waals surface area contributed by atoms with E-state index >= 15 is 0 Å². The highest BCUT2D eigenvalue weighted by molar-refractivity contribution is 8.00. The van der Waals surface area contributed by atoms with Gasteiger partial charge in [0.15, 0.2) is 0 Å². The minimum absolute atomic E-state index is 0.212. The van der Waals surface area contributed by atoms with Gasteiger partial charge in [-0.05, 0) is 80.2 Å². The van der Waals surface area contributed by atoms with Crippen LogP contribution in [-0.4, -0.2) is 32.6 Å². The van der Waals surface area contributed by atoms with E-state index < -0.39 is 6.10 Å². The highest BCUT2D eigenvalue weighted by atomic mass is 32.2. The van der Waals surface area contributed by atoms with E-state index in [-0.39, 0.29) is 11.4 Å². The molecule has 0 aliphatic rings. The molecule has 3 aromatic carbocycles. The summed E-state index contributed by atoms with van der Waals surface area (Å²) in [5, 5.41) is 14.3. The number of hydrogen-bond acceptors (Lipinski definition) is 7. The highest BCUT2D eigenvalue weighted by Crippen LogP contribution is 2.24. The van der Waals surface area contributed by atoms with Crippen LogP contribution >= 0.6 is 11.9 Å². The molecule has 0 radical (unpaired) electrons. The average molecular weight is 505 g/mol. The van der Waals surface area contributed by atoms with Gasteiger partial charge in [-0.1, -0.05) is 30.3 Å². The Morgan fingerprint density at radius 3 is 2.69 bits per heavy atom. The van der Waals surface area contributed by atoms with Crippen LogP contribution in [0.5, 0.6) is 0 Å². The Labute approximate surface area is 215 Å². The Hall–Kier alpha value is -3.37. The summed E-state index contributed by atoms with van der Waals surface area (Å²) in [7, 11) is 0. The van der Waals surface area contributed by atoms with Gasteiger partial charge in [-0.2, -0.15) is 0 Å². The summed E-state index contributed by atoms with van der Waals surface area (Å²) in [5.41, 5.74) is 5.91. The van der Waals surface area contributed by atoms with Crippen molar-refractivity contribution in [3.05, 3.63) is 90.3 Å². The molecule has 1 atom stereocenters. The van der Waals surface area contributed by atoms with Crippen LogP contribution in [0, 0.1) is 0 Å². The van der Waals surface area contributed by atoms with E-state index in [1.54, 1.807) is 30.4 Å². The zero-order valence-corrected chi connectivity index (χ0v) is 21.3. The first-order valence-electron chi connectivity index (χ1n) is 11.8. The number of nitrogens with zero attached hydrogens (tertiary/aromatic N) is 2. The van der Waals surface area contributed by atoms with Crippen LogP contribution in [0.3, 0.4) is 0 Å². The molecule has 0 spiro atoms. The van der Waals surface area contributed by atoms with Gasteiger partial charge in [0.05, 0.1) is 23.5 Å². The first-order chi connectivity index (χ1) is 17.3. The molecule has 36 heavy (non-hydrogen) atoms. The van der Waals surface area contributed by atoms with Crippen molar-refractivity contribution in [2.75, 3.05) is 11.3 Å². The Morgan fingerprint density at radius 2 is 1.92 bits per heavy atom. The number of aryl methyl sites for hydroxylation is 1. The van der Waals surface area contributed by atoms with E-state index in [0.29, 0.717) is 12.1 Å². The normalized spacial score (nSPS) is 12.4. The maximum Gasteiger partial charge on any atom is 0.265 e. The molecule has 9 heteroatoms. The maximum absolute atomic E-state index is 11.8. The largest absolute Gasteiger partial charge is 0.387 e. The van der Waals surface area contributed by atoms with E-state index in [0.717, 1.165) is 40.1 Å². The van der Waals surface area contributed by atoms with Crippen LogP contribution in [0.4, 0.5) is 5.69 Å². The summed E-state index contributed by atoms with van der Waals surface area (Å²) in [6.07, 6.45) is 1.98. The lowest BCUT2D eigenvalue weighted by Crippen LogP contribution is -2.42. The minimum atomic E-state index is -0.631. The minimum Gasteiger partial charge on any atom is -0.387 e. The number of anilines is 1. The Morgan fingerprint density at radius 1 is 1.11 bits per heavy atom. The van der Waals surface area contributed by atoms with Crippen molar-refractivity contribution >= 4 is 34.6 Å². The second-order valence-corrected chi connectivity index (χ2v) is 10.2. The predicted octanol–water partition coefficient (Wildman–Crippen LogP) is 4.25. The summed E-state index contributed by atoms with van der Waals surface area (Å²) in [5.74, 6) is 4.88. The van der Waals surface area contributed by atoms with Crippen molar-refractivity contribution in [2.45, 2.75) is 43.4 Å². The summed E-state index contributed by atoms with van der Waals surface area (Å²) < 4.78 is 5.41. The van der Waals surface area contributed by atoms with Gasteiger partial charge in [-0.15, -0.1) is 0 Å². The fourth-order valence-corrected chi connectivity index (χ4v) is 4.52. The summed E-state index contributed by atoms with van der Waals surface area (Å²) >= 11 is 1.54. The molecule has 188 valence electrons. The third kappa shape index (κ3) is 6.64. The Bertz CT molecular complexity index is 1310. The van der Waals surface area contributed by atoms with Gasteiger partial charge >= 0.3 is 0 Å². The van der Waals surface area contributed by atoms with Gasteiger partial charge in [-0.3, -0.25) is 10.2 Å². The number of rotatable bonds is 11. The molecular weight excluding hydrogens is 472 g/mol. The number of benzene rings is 3. The molecule has 4 rings (SSSR count). The lowest BCUT2D eigenvalue weighted by molar-refractivity contribution is 0.0953. The Kier molecular flexibility index (Phi) is 8.27. The number of amides is 1. The number of aliphatic hydroxyl groups excluding tert-OH is 1. The lowest BCUT2D eigenvalue weighted by atomic mass is 9.99. The fraction of sp³-hybridized carbons (Fsp3) is 0.259. The number of hydrazine groups is 1. The van der Waals surface area contributed by atoms with Gasteiger partial charge in [0, 0.05) is 34.8 Å². The highest BCUT2D eigenvalue weighted by Gasteiger charge is 2.20. The van der Waals surface area contributed by atoms with E-state index in [1.165, 1.54) is 0 Å². The first kappa shape index (κ1) is 25.7. The van der Waals surface area contributed by atoms with Crippen molar-refractivity contribution < 1.29 is 9.90 Å². The molecule has 8 nitrogen and oxygen atoms in total. The smallest absolute Gasteiger partial charge is 0.265 e. The molecule has 0 saturated heterocycles. The van der Waals surface area contributed by atoms with Crippen molar-refractivity contribution in [1.29, 1.82) is 0 Å². The number of β-amino-alcohol motifs (C(OH)–C–C–N with tert-alkyl or cyclic N) is 1. The lowest BCUT2D eigenvalue weighted by Gasteiger charge is -2.28. The predicted molar refractivity (Wildman–Crippen MR) is 145 cm³/mol. The monoisotopic (exact) mass is 504 g/mol. The quantitative estimate of drug-likeness (QED) is 0.0897. The maximum atomic E-state index is 11.8. The van der Waals surface area contributed by atoms with Crippen molar-refractivity contribution in [2.24, 2.45) is 5.84 Å². The standard InChI is InChI=1S/C27H32N6O2S/c1-27(2,13-14-33-18-29-23-16-20(26(35)31-28)11-12-24(23)33)30-17-25(34)19-7-6-8-21(15-19)32-36-22-9-4-3-5-10-22/h3-12,15-16,18,25,30,32,34H,13-14,17,28H2,1-2H3,(H,31,35)/t25-/m0/s1. The van der Waals surface area contributed by atoms with E-state index in [1.807, 2.05) is 60.7 Å². The number of fused-ring (bicyclic) bond motifs is 1. The molecule has 0 fully saturated rings. The molecule has 1 aromatic heterocycles. The number of aromatic nitrogens is 2. The Balaban J connectivity index is 1.30. The van der Waals surface area contributed by atoms with Gasteiger partial charge in [0.2, 0.25) is 0 Å². The molecule has 0 unspecified atom stereocenters. The summed E-state index contributed by atoms with van der Waals surface area (Å²) in [6.45, 7) is 5.42. The number of aliphatic hydroxyl groups is 1. The van der Waals surface area contributed by atoms with Gasteiger partial charge in [0.25, 0.3) is 5.91 Å². The molecule has 1 heterocycles. The van der Waals surface area contributed by atoms with E-state index in [2.05, 4.69) is 38.9 Å². The number of carbonyl (C=O) groups is 1. The second kappa shape index (κ2) is 11.6. The SMILES string of the molecule is CC(C)(CCn1cnc2cc(C(=O)NN)ccc21)NC[C@H](O)c1cccc(NSc2ccccc2)c1. The van der Waals surface area contributed by atoms with Crippen LogP contribution in [0.25, 0.3) is 11.0 Å². The van der Waals surface area contributed by atoms with Crippen molar-refractivity contribution in [3.8, 4) is 0 Å². The second-order valence-electron chi connectivity index (χ2n) is 9.29. The van der Waals surface area contributed by atoms with Gasteiger partial charge < -0.3 is 19.7 Å². The third-order valence-corrected chi connectivity index (χ3v) is 6.91. The van der Waals surface area contributed by atoms with Crippen LogP contribution in [0.15, 0.2) is 84.0 Å². The summed E-state index contributed by atoms with van der Waals surface area (Å²) in [4.78, 5) is 17.3. The number of carbonyl (C=O) groups excluding carboxylic acids is 1. The molecule has 0 aliphatic carbocycles.